The summed E-state index contributed by atoms with van der Waals surface area (Å²) in [6.45, 7) is 1.97. The van der Waals surface area contributed by atoms with Crippen LogP contribution in [0.25, 0.3) is 10.9 Å². The maximum absolute atomic E-state index is 5.86. The molecule has 0 amide bonds. The highest BCUT2D eigenvalue weighted by molar-refractivity contribution is 9.10. The summed E-state index contributed by atoms with van der Waals surface area (Å²) in [7, 11) is 0. The van der Waals surface area contributed by atoms with Crippen molar-refractivity contribution in [3.8, 4) is 11.6 Å². The zero-order chi connectivity index (χ0) is 13.2. The second kappa shape index (κ2) is 4.97. The minimum Gasteiger partial charge on any atom is -0.436 e. The van der Waals surface area contributed by atoms with E-state index in [9.17, 15) is 0 Å². The van der Waals surface area contributed by atoms with Crippen LogP contribution in [0.1, 0.15) is 5.69 Å². The Kier molecular flexibility index (Phi) is 3.17. The highest BCUT2D eigenvalue weighted by atomic mass is 79.9. The van der Waals surface area contributed by atoms with Crippen molar-refractivity contribution in [1.29, 1.82) is 0 Å². The van der Waals surface area contributed by atoms with Crippen LogP contribution in [0.4, 0.5) is 0 Å². The Balaban J connectivity index is 2.10. The van der Waals surface area contributed by atoms with Gasteiger partial charge in [0.05, 0.1) is 4.47 Å². The van der Waals surface area contributed by atoms with Crippen LogP contribution < -0.4 is 4.74 Å². The Labute approximate surface area is 119 Å². The number of aromatic nitrogens is 2. The molecule has 0 spiro atoms. The van der Waals surface area contributed by atoms with E-state index >= 15 is 0 Å². The first-order valence-corrected chi connectivity index (χ1v) is 6.68. The van der Waals surface area contributed by atoms with Gasteiger partial charge in [-0.3, -0.25) is 0 Å². The summed E-state index contributed by atoms with van der Waals surface area (Å²) < 4.78 is 6.68. The van der Waals surface area contributed by atoms with Crippen molar-refractivity contribution in [2.45, 2.75) is 6.92 Å². The Morgan fingerprint density at radius 2 is 1.95 bits per heavy atom. The van der Waals surface area contributed by atoms with Crippen LogP contribution in [0.2, 0.25) is 0 Å². The van der Waals surface area contributed by atoms with Crippen molar-refractivity contribution >= 4 is 26.8 Å². The van der Waals surface area contributed by atoms with Crippen molar-refractivity contribution in [3.05, 3.63) is 58.8 Å². The van der Waals surface area contributed by atoms with E-state index in [1.54, 1.807) is 6.20 Å². The van der Waals surface area contributed by atoms with E-state index < -0.39 is 0 Å². The molecule has 0 saturated heterocycles. The molecule has 0 N–H and O–H groups in total. The molecular formula is C15H11BrN2O. The fourth-order valence-electron chi connectivity index (χ4n) is 1.85. The number of halogens is 1. The Morgan fingerprint density at radius 3 is 2.79 bits per heavy atom. The second-order valence-electron chi connectivity index (χ2n) is 4.17. The number of nitrogens with zero attached hydrogens (tertiary/aromatic N) is 2. The first kappa shape index (κ1) is 12.1. The summed E-state index contributed by atoms with van der Waals surface area (Å²) in [6.07, 6.45) is 1.70. The first-order chi connectivity index (χ1) is 9.24. The summed E-state index contributed by atoms with van der Waals surface area (Å²) in [5, 5.41) is 1.05. The SMILES string of the molecule is Cc1ccc2cccc(Oc3ncccc3Br)c2n1. The Morgan fingerprint density at radius 1 is 1.05 bits per heavy atom. The highest BCUT2D eigenvalue weighted by Crippen LogP contribution is 2.31. The minimum atomic E-state index is 0.540. The standard InChI is InChI=1S/C15H11BrN2O/c1-10-7-8-11-4-2-6-13(14(11)18-10)19-15-12(16)5-3-9-17-15/h2-9H,1H3. The predicted molar refractivity (Wildman–Crippen MR) is 78.5 cm³/mol. The van der Waals surface area contributed by atoms with E-state index in [1.165, 1.54) is 0 Å². The van der Waals surface area contributed by atoms with Gasteiger partial charge in [-0.25, -0.2) is 9.97 Å². The minimum absolute atomic E-state index is 0.540. The summed E-state index contributed by atoms with van der Waals surface area (Å²) >= 11 is 3.42. The topological polar surface area (TPSA) is 35.0 Å². The number of hydrogen-bond acceptors (Lipinski definition) is 3. The Bertz CT molecular complexity index is 743. The molecule has 2 aromatic heterocycles. The van der Waals surface area contributed by atoms with Crippen LogP contribution in [0.15, 0.2) is 53.1 Å². The lowest BCUT2D eigenvalue weighted by Crippen LogP contribution is -1.92. The largest absolute Gasteiger partial charge is 0.436 e. The summed E-state index contributed by atoms with van der Waals surface area (Å²) in [6, 6.07) is 13.6. The van der Waals surface area contributed by atoms with E-state index in [2.05, 4.69) is 25.9 Å². The van der Waals surface area contributed by atoms with Gasteiger partial charge in [0.15, 0.2) is 5.75 Å². The predicted octanol–water partition coefficient (Wildman–Crippen LogP) is 4.49. The van der Waals surface area contributed by atoms with Gasteiger partial charge in [-0.1, -0.05) is 18.2 Å². The van der Waals surface area contributed by atoms with Crippen molar-refractivity contribution in [2.75, 3.05) is 0 Å². The molecule has 0 aliphatic heterocycles. The summed E-state index contributed by atoms with van der Waals surface area (Å²) in [5.41, 5.74) is 1.81. The molecule has 0 atom stereocenters. The van der Waals surface area contributed by atoms with E-state index in [1.807, 2.05) is 49.4 Å². The molecule has 4 heteroatoms. The molecule has 3 nitrogen and oxygen atoms in total. The number of fused-ring (bicyclic) bond motifs is 1. The average Bonchev–Trinajstić information content (AvgIpc) is 2.42. The zero-order valence-electron chi connectivity index (χ0n) is 10.3. The third-order valence-electron chi connectivity index (χ3n) is 2.75. The maximum Gasteiger partial charge on any atom is 0.233 e. The molecule has 0 bridgehead atoms. The van der Waals surface area contributed by atoms with Gasteiger partial charge in [0.25, 0.3) is 0 Å². The van der Waals surface area contributed by atoms with Crippen LogP contribution in [-0.2, 0) is 0 Å². The number of benzene rings is 1. The van der Waals surface area contributed by atoms with Crippen LogP contribution in [0.3, 0.4) is 0 Å². The summed E-state index contributed by atoms with van der Waals surface area (Å²) in [4.78, 5) is 8.74. The fraction of sp³-hybridized carbons (Fsp3) is 0.0667. The Hall–Kier alpha value is -1.94. The van der Waals surface area contributed by atoms with Crippen LogP contribution in [0.5, 0.6) is 11.6 Å². The lowest BCUT2D eigenvalue weighted by atomic mass is 10.2. The number of para-hydroxylation sites is 1. The second-order valence-corrected chi connectivity index (χ2v) is 5.03. The average molecular weight is 315 g/mol. The van der Waals surface area contributed by atoms with Gasteiger partial charge < -0.3 is 4.74 Å². The smallest absolute Gasteiger partial charge is 0.233 e. The third-order valence-corrected chi connectivity index (χ3v) is 3.36. The molecule has 94 valence electrons. The van der Waals surface area contributed by atoms with Crippen LogP contribution in [0, 0.1) is 6.92 Å². The molecule has 0 aliphatic rings. The number of ether oxygens (including phenoxy) is 1. The normalized spacial score (nSPS) is 10.6. The van der Waals surface area contributed by atoms with E-state index in [0.717, 1.165) is 21.1 Å². The molecule has 0 saturated carbocycles. The van der Waals surface area contributed by atoms with Crippen molar-refractivity contribution in [2.24, 2.45) is 0 Å². The fourth-order valence-corrected chi connectivity index (χ4v) is 2.19. The quantitative estimate of drug-likeness (QED) is 0.699. The molecule has 0 unspecified atom stereocenters. The summed E-state index contributed by atoms with van der Waals surface area (Å²) in [5.74, 6) is 1.25. The van der Waals surface area contributed by atoms with Crippen molar-refractivity contribution in [3.63, 3.8) is 0 Å². The molecule has 2 heterocycles. The first-order valence-electron chi connectivity index (χ1n) is 5.89. The monoisotopic (exact) mass is 314 g/mol. The molecule has 1 aromatic carbocycles. The molecule has 0 aliphatic carbocycles. The molecule has 19 heavy (non-hydrogen) atoms. The van der Waals surface area contributed by atoms with Crippen molar-refractivity contribution in [1.82, 2.24) is 9.97 Å². The zero-order valence-corrected chi connectivity index (χ0v) is 11.9. The van der Waals surface area contributed by atoms with Crippen LogP contribution >= 0.6 is 15.9 Å². The number of hydrogen-bond donors (Lipinski definition) is 0. The molecule has 3 rings (SSSR count). The van der Waals surface area contributed by atoms with Gasteiger partial charge in [-0.05, 0) is 47.1 Å². The van der Waals surface area contributed by atoms with Gasteiger partial charge in [0.1, 0.15) is 5.52 Å². The lowest BCUT2D eigenvalue weighted by Gasteiger charge is -2.09. The van der Waals surface area contributed by atoms with Crippen molar-refractivity contribution < 1.29 is 4.74 Å². The van der Waals surface area contributed by atoms with E-state index in [-0.39, 0.29) is 0 Å². The number of pyridine rings is 2. The van der Waals surface area contributed by atoms with Gasteiger partial charge in [0, 0.05) is 17.3 Å². The van der Waals surface area contributed by atoms with Crippen LogP contribution in [-0.4, -0.2) is 9.97 Å². The number of rotatable bonds is 2. The molecular weight excluding hydrogens is 304 g/mol. The lowest BCUT2D eigenvalue weighted by molar-refractivity contribution is 0.464. The third kappa shape index (κ3) is 2.44. The van der Waals surface area contributed by atoms with Gasteiger partial charge in [0.2, 0.25) is 5.88 Å². The number of aryl methyl sites for hydroxylation is 1. The maximum atomic E-state index is 5.86. The highest BCUT2D eigenvalue weighted by Gasteiger charge is 2.08. The molecule has 0 fully saturated rings. The molecule has 0 radical (unpaired) electrons. The van der Waals surface area contributed by atoms with E-state index in [4.69, 9.17) is 4.74 Å². The molecule has 3 aromatic rings. The van der Waals surface area contributed by atoms with E-state index in [0.29, 0.717) is 11.6 Å². The van der Waals surface area contributed by atoms with Gasteiger partial charge in [-0.2, -0.15) is 0 Å². The van der Waals surface area contributed by atoms with Gasteiger partial charge in [-0.15, -0.1) is 0 Å². The van der Waals surface area contributed by atoms with Gasteiger partial charge >= 0.3 is 0 Å².